The molecule has 0 aromatic heterocycles. The molecule has 1 aliphatic heterocycles. The van der Waals surface area contributed by atoms with E-state index in [1.807, 2.05) is 0 Å². The molecule has 2 fully saturated rings. The van der Waals surface area contributed by atoms with Crippen molar-refractivity contribution in [2.45, 2.75) is 38.3 Å². The van der Waals surface area contributed by atoms with Crippen LogP contribution in [0.5, 0.6) is 0 Å². The number of ether oxygens (including phenoxy) is 1. The van der Waals surface area contributed by atoms with E-state index in [1.165, 1.54) is 12.0 Å². The van der Waals surface area contributed by atoms with Crippen molar-refractivity contribution in [1.29, 1.82) is 0 Å². The maximum absolute atomic E-state index is 12.9. The van der Waals surface area contributed by atoms with Crippen LogP contribution in [0.4, 0.5) is 13.2 Å². The number of aliphatic carboxylic acids is 1. The van der Waals surface area contributed by atoms with Gasteiger partial charge in [0.25, 0.3) is 0 Å². The average molecular weight is 337 g/mol. The molecular weight excluding hydrogens is 315 g/mol. The van der Waals surface area contributed by atoms with Crippen molar-refractivity contribution >= 4 is 11.9 Å². The van der Waals surface area contributed by atoms with Crippen LogP contribution in [0, 0.1) is 17.3 Å². The van der Waals surface area contributed by atoms with E-state index in [4.69, 9.17) is 4.74 Å². The Kier molecular flexibility index (Phi) is 5.23. The fourth-order valence-electron chi connectivity index (χ4n) is 3.66. The number of carbonyl (C=O) groups is 2. The van der Waals surface area contributed by atoms with Gasteiger partial charge in [-0.2, -0.15) is 13.2 Å². The minimum absolute atomic E-state index is 0.00217. The van der Waals surface area contributed by atoms with Crippen LogP contribution in [-0.4, -0.2) is 54.9 Å². The second-order valence-electron chi connectivity index (χ2n) is 6.63. The van der Waals surface area contributed by atoms with Gasteiger partial charge in [0.1, 0.15) is 5.41 Å². The van der Waals surface area contributed by atoms with Crippen LogP contribution in [0.25, 0.3) is 0 Å². The summed E-state index contributed by atoms with van der Waals surface area (Å²) in [5.41, 5.74) is -1.15. The number of hydrogen-bond acceptors (Lipinski definition) is 3. The monoisotopic (exact) mass is 337 g/mol. The van der Waals surface area contributed by atoms with Crippen molar-refractivity contribution in [1.82, 2.24) is 4.90 Å². The van der Waals surface area contributed by atoms with Crippen LogP contribution in [0.15, 0.2) is 0 Å². The first kappa shape index (κ1) is 18.0. The quantitative estimate of drug-likeness (QED) is 0.855. The number of carboxylic acid groups (broad SMARTS) is 1. The van der Waals surface area contributed by atoms with Crippen molar-refractivity contribution in [3.05, 3.63) is 0 Å². The predicted molar refractivity (Wildman–Crippen MR) is 74.6 cm³/mol. The number of likely N-dealkylation sites (tertiary alicyclic amines) is 1. The van der Waals surface area contributed by atoms with Gasteiger partial charge in [-0.3, -0.25) is 9.59 Å². The largest absolute Gasteiger partial charge is 0.481 e. The fourth-order valence-corrected chi connectivity index (χ4v) is 3.66. The molecule has 1 aliphatic carbocycles. The molecule has 0 aromatic carbocycles. The molecule has 0 radical (unpaired) electrons. The van der Waals surface area contributed by atoms with Gasteiger partial charge in [-0.05, 0) is 25.7 Å². The van der Waals surface area contributed by atoms with Crippen LogP contribution >= 0.6 is 0 Å². The molecule has 3 unspecified atom stereocenters. The van der Waals surface area contributed by atoms with E-state index in [0.717, 1.165) is 0 Å². The lowest BCUT2D eigenvalue weighted by Gasteiger charge is -2.32. The van der Waals surface area contributed by atoms with E-state index in [-0.39, 0.29) is 44.9 Å². The number of halogens is 3. The lowest BCUT2D eigenvalue weighted by Crippen LogP contribution is -2.43. The van der Waals surface area contributed by atoms with E-state index < -0.39 is 29.4 Å². The molecule has 1 saturated carbocycles. The lowest BCUT2D eigenvalue weighted by atomic mass is 9.80. The Hall–Kier alpha value is -1.31. The fraction of sp³-hybridized carbons (Fsp3) is 0.867. The zero-order valence-electron chi connectivity index (χ0n) is 13.1. The number of carbonyl (C=O) groups excluding carboxylic acids is 1. The lowest BCUT2D eigenvalue weighted by molar-refractivity contribution is -0.187. The van der Waals surface area contributed by atoms with Crippen LogP contribution in [-0.2, 0) is 14.3 Å². The Labute approximate surface area is 132 Å². The van der Waals surface area contributed by atoms with Crippen molar-refractivity contribution < 1.29 is 32.6 Å². The van der Waals surface area contributed by atoms with Crippen molar-refractivity contribution in [3.63, 3.8) is 0 Å². The van der Waals surface area contributed by atoms with Crippen LogP contribution in [0.1, 0.15) is 32.1 Å². The highest BCUT2D eigenvalue weighted by molar-refractivity contribution is 5.82. The Bertz CT molecular complexity index is 468. The van der Waals surface area contributed by atoms with E-state index in [0.29, 0.717) is 12.8 Å². The molecule has 1 N–H and O–H groups in total. The molecule has 5 nitrogen and oxygen atoms in total. The minimum atomic E-state index is -4.27. The van der Waals surface area contributed by atoms with Crippen LogP contribution in [0.2, 0.25) is 0 Å². The first-order valence-corrected chi connectivity index (χ1v) is 7.77. The van der Waals surface area contributed by atoms with Crippen LogP contribution in [0.3, 0.4) is 0 Å². The van der Waals surface area contributed by atoms with Crippen molar-refractivity contribution in [2.24, 2.45) is 17.3 Å². The number of alkyl halides is 3. The van der Waals surface area contributed by atoms with Gasteiger partial charge < -0.3 is 14.7 Å². The molecule has 132 valence electrons. The summed E-state index contributed by atoms with van der Waals surface area (Å²) in [5.74, 6) is -3.48. The minimum Gasteiger partial charge on any atom is -0.481 e. The third kappa shape index (κ3) is 3.79. The smallest absolute Gasteiger partial charge is 0.391 e. The van der Waals surface area contributed by atoms with Gasteiger partial charge in [0.2, 0.25) is 5.91 Å². The van der Waals surface area contributed by atoms with E-state index in [9.17, 15) is 27.9 Å². The predicted octanol–water partition coefficient (Wildman–Crippen LogP) is 2.30. The summed E-state index contributed by atoms with van der Waals surface area (Å²) in [5, 5.41) is 9.39. The zero-order valence-corrected chi connectivity index (χ0v) is 13.1. The molecule has 1 amide bonds. The second-order valence-corrected chi connectivity index (χ2v) is 6.63. The first-order chi connectivity index (χ1) is 10.7. The topological polar surface area (TPSA) is 66.8 Å². The molecule has 8 heteroatoms. The van der Waals surface area contributed by atoms with E-state index >= 15 is 0 Å². The summed E-state index contributed by atoms with van der Waals surface area (Å²) in [4.78, 5) is 25.4. The van der Waals surface area contributed by atoms with Crippen LogP contribution < -0.4 is 0 Å². The number of amides is 1. The molecule has 2 rings (SSSR count). The standard InChI is InChI=1S/C15H22F3NO4/c1-23-9-14(13(21)22)5-6-19(8-14)12(20)10-3-2-4-11(7-10)15(16,17)18/h10-11H,2-9H2,1H3,(H,21,22). The molecule has 0 bridgehead atoms. The third-order valence-electron chi connectivity index (χ3n) is 5.03. The van der Waals surface area contributed by atoms with Gasteiger partial charge in [-0.1, -0.05) is 6.42 Å². The maximum atomic E-state index is 12.9. The summed E-state index contributed by atoms with van der Waals surface area (Å²) in [6, 6.07) is 0. The molecule has 3 atom stereocenters. The van der Waals surface area contributed by atoms with E-state index in [1.54, 1.807) is 0 Å². The van der Waals surface area contributed by atoms with Crippen molar-refractivity contribution in [2.75, 3.05) is 26.8 Å². The number of rotatable bonds is 4. The SMILES string of the molecule is COCC1(C(=O)O)CCN(C(=O)C2CCCC(C(F)(F)F)C2)C1. The van der Waals surface area contributed by atoms with Crippen molar-refractivity contribution in [3.8, 4) is 0 Å². The molecule has 0 spiro atoms. The summed E-state index contributed by atoms with van der Waals surface area (Å²) >= 11 is 0. The Morgan fingerprint density at radius 1 is 1.35 bits per heavy atom. The van der Waals surface area contributed by atoms with Gasteiger partial charge in [0.05, 0.1) is 12.5 Å². The maximum Gasteiger partial charge on any atom is 0.391 e. The Morgan fingerprint density at radius 3 is 2.61 bits per heavy atom. The van der Waals surface area contributed by atoms with Gasteiger partial charge in [0, 0.05) is 26.1 Å². The Morgan fingerprint density at radius 2 is 2.04 bits per heavy atom. The number of hydrogen-bond donors (Lipinski definition) is 1. The summed E-state index contributed by atoms with van der Waals surface area (Å²) < 4.78 is 43.6. The molecular formula is C15H22F3NO4. The highest BCUT2D eigenvalue weighted by atomic mass is 19.4. The molecule has 1 saturated heterocycles. The molecule has 1 heterocycles. The van der Waals surface area contributed by atoms with Gasteiger partial charge in [-0.15, -0.1) is 0 Å². The van der Waals surface area contributed by atoms with Gasteiger partial charge in [-0.25, -0.2) is 0 Å². The number of carboxylic acids is 1. The molecule has 2 aliphatic rings. The summed E-state index contributed by atoms with van der Waals surface area (Å²) in [6.07, 6.45) is -3.33. The van der Waals surface area contributed by atoms with Gasteiger partial charge in [0.15, 0.2) is 0 Å². The van der Waals surface area contributed by atoms with E-state index in [2.05, 4.69) is 0 Å². The normalized spacial score (nSPS) is 32.1. The Balaban J connectivity index is 2.02. The summed E-state index contributed by atoms with van der Waals surface area (Å²) in [7, 11) is 1.39. The molecule has 23 heavy (non-hydrogen) atoms. The number of methoxy groups -OCH3 is 1. The molecule has 0 aromatic rings. The highest BCUT2D eigenvalue weighted by Gasteiger charge is 2.49. The average Bonchev–Trinajstić information content (AvgIpc) is 2.92. The second kappa shape index (κ2) is 6.67. The summed E-state index contributed by atoms with van der Waals surface area (Å²) in [6.45, 7) is 0.242. The highest BCUT2D eigenvalue weighted by Crippen LogP contribution is 2.41. The van der Waals surface area contributed by atoms with Gasteiger partial charge >= 0.3 is 12.1 Å². The first-order valence-electron chi connectivity index (χ1n) is 7.77. The third-order valence-corrected chi connectivity index (χ3v) is 5.03. The zero-order chi connectivity index (χ0) is 17.3. The number of nitrogens with zero attached hydrogens (tertiary/aromatic N) is 1.